The van der Waals surface area contributed by atoms with E-state index in [1.165, 1.54) is 0 Å². The van der Waals surface area contributed by atoms with E-state index in [2.05, 4.69) is 15.5 Å². The lowest BCUT2D eigenvalue weighted by Crippen LogP contribution is -2.12. The molecule has 0 atom stereocenters. The fourth-order valence-electron chi connectivity index (χ4n) is 2.19. The molecule has 0 aliphatic heterocycles. The van der Waals surface area contributed by atoms with E-state index >= 15 is 0 Å². The van der Waals surface area contributed by atoms with Crippen LogP contribution in [0.15, 0.2) is 54.6 Å². The highest BCUT2D eigenvalue weighted by atomic mass is 35.5. The second kappa shape index (κ2) is 6.64. The lowest BCUT2D eigenvalue weighted by Gasteiger charge is -2.04. The van der Waals surface area contributed by atoms with E-state index in [0.29, 0.717) is 22.1 Å². The molecule has 1 heterocycles. The Morgan fingerprint density at radius 1 is 1.17 bits per heavy atom. The molecule has 0 aliphatic carbocycles. The summed E-state index contributed by atoms with van der Waals surface area (Å²) in [5, 5.41) is 19.3. The number of carbonyl (C=O) groups excluding carboxylic acids is 1. The van der Waals surface area contributed by atoms with Gasteiger partial charge < -0.3 is 10.4 Å². The number of carbonyl (C=O) groups is 1. The fourth-order valence-corrected chi connectivity index (χ4v) is 2.42. The molecule has 116 valence electrons. The molecule has 0 saturated heterocycles. The Kier molecular flexibility index (Phi) is 4.41. The van der Waals surface area contributed by atoms with Gasteiger partial charge in [-0.15, -0.1) is 0 Å². The molecule has 3 aromatic rings. The van der Waals surface area contributed by atoms with Crippen molar-refractivity contribution in [1.82, 2.24) is 10.2 Å². The molecule has 2 aromatic carbocycles. The number of benzene rings is 2. The number of rotatable bonds is 4. The van der Waals surface area contributed by atoms with Crippen LogP contribution in [0, 0.1) is 0 Å². The average Bonchev–Trinajstić information content (AvgIpc) is 3.05. The molecule has 3 N–H and O–H groups in total. The third-order valence-corrected chi connectivity index (χ3v) is 3.67. The molecular weight excluding hydrogens is 314 g/mol. The number of anilines is 1. The first-order valence-electron chi connectivity index (χ1n) is 6.99. The van der Waals surface area contributed by atoms with Crippen LogP contribution in [-0.2, 0) is 6.61 Å². The van der Waals surface area contributed by atoms with Crippen LogP contribution in [0.2, 0.25) is 5.02 Å². The quantitative estimate of drug-likeness (QED) is 0.686. The molecule has 0 fully saturated rings. The van der Waals surface area contributed by atoms with Gasteiger partial charge in [0.15, 0.2) is 0 Å². The van der Waals surface area contributed by atoms with Crippen molar-refractivity contribution in [3.63, 3.8) is 0 Å². The highest BCUT2D eigenvalue weighted by molar-refractivity contribution is 6.33. The van der Waals surface area contributed by atoms with Gasteiger partial charge in [-0.2, -0.15) is 5.10 Å². The van der Waals surface area contributed by atoms with Gasteiger partial charge in [0, 0.05) is 11.3 Å². The molecule has 0 bridgehead atoms. The Bertz CT molecular complexity index is 845. The SMILES string of the molecule is O=C(Nc1cccc(CO)c1)c1cc(-c2ccccc2Cl)n[nH]1. The van der Waals surface area contributed by atoms with Crippen LogP contribution in [0.3, 0.4) is 0 Å². The lowest BCUT2D eigenvalue weighted by molar-refractivity contribution is 0.102. The van der Waals surface area contributed by atoms with Gasteiger partial charge in [0.2, 0.25) is 0 Å². The van der Waals surface area contributed by atoms with Crippen LogP contribution >= 0.6 is 11.6 Å². The molecule has 0 unspecified atom stereocenters. The number of aliphatic hydroxyl groups excluding tert-OH is 1. The molecule has 0 spiro atoms. The molecule has 0 aliphatic rings. The number of halogens is 1. The highest BCUT2D eigenvalue weighted by Gasteiger charge is 2.13. The van der Waals surface area contributed by atoms with Crippen LogP contribution in [0.4, 0.5) is 5.69 Å². The molecule has 5 nitrogen and oxygen atoms in total. The summed E-state index contributed by atoms with van der Waals surface area (Å²) in [6.07, 6.45) is 0. The van der Waals surface area contributed by atoms with Crippen molar-refractivity contribution in [2.75, 3.05) is 5.32 Å². The molecule has 23 heavy (non-hydrogen) atoms. The molecule has 0 saturated carbocycles. The van der Waals surface area contributed by atoms with Crippen LogP contribution in [0.5, 0.6) is 0 Å². The molecule has 6 heteroatoms. The van der Waals surface area contributed by atoms with Gasteiger partial charge in [0.25, 0.3) is 5.91 Å². The summed E-state index contributed by atoms with van der Waals surface area (Å²) in [5.41, 5.74) is 3.02. The van der Waals surface area contributed by atoms with Gasteiger partial charge in [0.05, 0.1) is 17.3 Å². The van der Waals surface area contributed by atoms with Gasteiger partial charge in [-0.25, -0.2) is 0 Å². The topological polar surface area (TPSA) is 78.0 Å². The van der Waals surface area contributed by atoms with E-state index in [-0.39, 0.29) is 12.5 Å². The van der Waals surface area contributed by atoms with E-state index in [1.807, 2.05) is 18.2 Å². The minimum Gasteiger partial charge on any atom is -0.392 e. The van der Waals surface area contributed by atoms with Crippen LogP contribution in [0.1, 0.15) is 16.1 Å². The largest absolute Gasteiger partial charge is 0.392 e. The Labute approximate surface area is 137 Å². The predicted molar refractivity (Wildman–Crippen MR) is 89.4 cm³/mol. The maximum absolute atomic E-state index is 12.3. The van der Waals surface area contributed by atoms with E-state index in [9.17, 15) is 4.79 Å². The minimum atomic E-state index is -0.314. The van der Waals surface area contributed by atoms with E-state index in [0.717, 1.165) is 11.1 Å². The van der Waals surface area contributed by atoms with Gasteiger partial charge in [0.1, 0.15) is 5.69 Å². The second-order valence-corrected chi connectivity index (χ2v) is 5.37. The number of hydrogen-bond acceptors (Lipinski definition) is 3. The standard InChI is InChI=1S/C17H14ClN3O2/c18-14-7-2-1-6-13(14)15-9-16(21-20-15)17(23)19-12-5-3-4-11(8-12)10-22/h1-9,22H,10H2,(H,19,23)(H,20,21). The Morgan fingerprint density at radius 2 is 2.00 bits per heavy atom. The van der Waals surface area contributed by atoms with Crippen molar-refractivity contribution in [1.29, 1.82) is 0 Å². The minimum absolute atomic E-state index is 0.0789. The summed E-state index contributed by atoms with van der Waals surface area (Å²) in [6.45, 7) is -0.0789. The zero-order valence-corrected chi connectivity index (χ0v) is 12.8. The van der Waals surface area contributed by atoms with Crippen LogP contribution < -0.4 is 5.32 Å². The van der Waals surface area contributed by atoms with Crippen LogP contribution in [-0.4, -0.2) is 21.2 Å². The number of amides is 1. The van der Waals surface area contributed by atoms with Crippen molar-refractivity contribution in [2.24, 2.45) is 0 Å². The summed E-state index contributed by atoms with van der Waals surface area (Å²) in [5.74, 6) is -0.314. The van der Waals surface area contributed by atoms with Crippen molar-refractivity contribution in [3.8, 4) is 11.3 Å². The van der Waals surface area contributed by atoms with Crippen molar-refractivity contribution in [2.45, 2.75) is 6.61 Å². The normalized spacial score (nSPS) is 10.5. The molecule has 0 radical (unpaired) electrons. The zero-order valence-electron chi connectivity index (χ0n) is 12.1. The smallest absolute Gasteiger partial charge is 0.273 e. The van der Waals surface area contributed by atoms with E-state index in [1.54, 1.807) is 36.4 Å². The molecular formula is C17H14ClN3O2. The summed E-state index contributed by atoms with van der Waals surface area (Å²) in [6, 6.07) is 16.0. The first-order valence-corrected chi connectivity index (χ1v) is 7.36. The third-order valence-electron chi connectivity index (χ3n) is 3.34. The van der Waals surface area contributed by atoms with Gasteiger partial charge in [-0.05, 0) is 29.8 Å². The number of H-pyrrole nitrogens is 1. The Hall–Kier alpha value is -2.63. The van der Waals surface area contributed by atoms with Crippen LogP contribution in [0.25, 0.3) is 11.3 Å². The van der Waals surface area contributed by atoms with Crippen molar-refractivity contribution in [3.05, 3.63) is 70.9 Å². The number of aromatic amines is 1. The van der Waals surface area contributed by atoms with Crippen molar-refractivity contribution >= 4 is 23.2 Å². The summed E-state index contributed by atoms with van der Waals surface area (Å²) < 4.78 is 0. The summed E-state index contributed by atoms with van der Waals surface area (Å²) in [7, 11) is 0. The zero-order chi connectivity index (χ0) is 16.2. The Balaban J connectivity index is 1.80. The first kappa shape index (κ1) is 15.3. The molecule has 1 amide bonds. The van der Waals surface area contributed by atoms with Gasteiger partial charge >= 0.3 is 0 Å². The summed E-state index contributed by atoms with van der Waals surface area (Å²) in [4.78, 5) is 12.3. The predicted octanol–water partition coefficient (Wildman–Crippen LogP) is 3.47. The second-order valence-electron chi connectivity index (χ2n) is 4.96. The Morgan fingerprint density at radius 3 is 2.78 bits per heavy atom. The molecule has 1 aromatic heterocycles. The lowest BCUT2D eigenvalue weighted by atomic mass is 10.1. The highest BCUT2D eigenvalue weighted by Crippen LogP contribution is 2.26. The number of aromatic nitrogens is 2. The third kappa shape index (κ3) is 3.41. The maximum atomic E-state index is 12.3. The molecule has 3 rings (SSSR count). The average molecular weight is 328 g/mol. The first-order chi connectivity index (χ1) is 11.2. The fraction of sp³-hybridized carbons (Fsp3) is 0.0588. The summed E-state index contributed by atoms with van der Waals surface area (Å²) >= 11 is 6.13. The van der Waals surface area contributed by atoms with Crippen molar-refractivity contribution < 1.29 is 9.90 Å². The van der Waals surface area contributed by atoms with Gasteiger partial charge in [-0.1, -0.05) is 41.9 Å². The number of aliphatic hydroxyl groups is 1. The monoisotopic (exact) mass is 327 g/mol. The van der Waals surface area contributed by atoms with E-state index < -0.39 is 0 Å². The number of nitrogens with zero attached hydrogens (tertiary/aromatic N) is 1. The van der Waals surface area contributed by atoms with Gasteiger partial charge in [-0.3, -0.25) is 9.89 Å². The number of nitrogens with one attached hydrogen (secondary N) is 2. The van der Waals surface area contributed by atoms with E-state index in [4.69, 9.17) is 16.7 Å². The maximum Gasteiger partial charge on any atom is 0.273 e. The number of hydrogen-bond donors (Lipinski definition) is 3.